The first-order valence-corrected chi connectivity index (χ1v) is 7.23. The summed E-state index contributed by atoms with van der Waals surface area (Å²) in [5, 5.41) is 14.0. The number of benzene rings is 1. The van der Waals surface area contributed by atoms with E-state index in [1.807, 2.05) is 41.4 Å². The van der Waals surface area contributed by atoms with Gasteiger partial charge in [-0.25, -0.2) is 5.01 Å². The van der Waals surface area contributed by atoms with E-state index >= 15 is 0 Å². The molecule has 0 aliphatic carbocycles. The summed E-state index contributed by atoms with van der Waals surface area (Å²) in [4.78, 5) is 12.2. The van der Waals surface area contributed by atoms with Crippen LogP contribution in [-0.4, -0.2) is 37.2 Å². The standard InChI is InChI=1S/C16H20N4O2/c1-13(19-20-7-9-22-10-8-20)15(11-17)16(21)18-12-14-5-3-2-4-6-14/h2-6,19H,7-10,12H2,1H3,(H,18,21)/b15-13+. The van der Waals surface area contributed by atoms with Gasteiger partial charge in [0.1, 0.15) is 11.6 Å². The Hall–Kier alpha value is -2.36. The fourth-order valence-corrected chi connectivity index (χ4v) is 2.14. The summed E-state index contributed by atoms with van der Waals surface area (Å²) < 4.78 is 5.26. The van der Waals surface area contributed by atoms with Gasteiger partial charge in [-0.2, -0.15) is 5.26 Å². The maximum absolute atomic E-state index is 12.2. The number of carbonyl (C=O) groups excluding carboxylic acids is 1. The molecule has 22 heavy (non-hydrogen) atoms. The third-order valence-corrected chi connectivity index (χ3v) is 3.35. The van der Waals surface area contributed by atoms with Gasteiger partial charge in [-0.1, -0.05) is 30.3 Å². The van der Waals surface area contributed by atoms with E-state index in [0.717, 1.165) is 18.7 Å². The fraction of sp³-hybridized carbons (Fsp3) is 0.375. The van der Waals surface area contributed by atoms with Crippen LogP contribution in [0.4, 0.5) is 0 Å². The molecule has 0 bridgehead atoms. The predicted octanol–water partition coefficient (Wildman–Crippen LogP) is 0.937. The number of nitriles is 1. The smallest absolute Gasteiger partial charge is 0.264 e. The molecular weight excluding hydrogens is 280 g/mol. The number of rotatable bonds is 5. The van der Waals surface area contributed by atoms with Crippen molar-refractivity contribution in [3.63, 3.8) is 0 Å². The van der Waals surface area contributed by atoms with Crippen molar-refractivity contribution in [2.24, 2.45) is 0 Å². The molecule has 1 aliphatic rings. The Labute approximate surface area is 130 Å². The number of allylic oxidation sites excluding steroid dienone is 1. The topological polar surface area (TPSA) is 77.4 Å². The summed E-state index contributed by atoms with van der Waals surface area (Å²) in [6, 6.07) is 11.6. The number of morpholine rings is 1. The molecule has 2 N–H and O–H groups in total. The van der Waals surface area contributed by atoms with Crippen LogP contribution in [0.15, 0.2) is 41.6 Å². The molecule has 1 amide bonds. The van der Waals surface area contributed by atoms with Crippen LogP contribution in [-0.2, 0) is 16.1 Å². The summed E-state index contributed by atoms with van der Waals surface area (Å²) in [6.45, 7) is 4.86. The van der Waals surface area contributed by atoms with Gasteiger partial charge < -0.3 is 15.5 Å². The van der Waals surface area contributed by atoms with E-state index in [0.29, 0.717) is 25.5 Å². The minimum Gasteiger partial charge on any atom is -0.379 e. The molecule has 0 spiro atoms. The summed E-state index contributed by atoms with van der Waals surface area (Å²) >= 11 is 0. The number of hydrazine groups is 1. The lowest BCUT2D eigenvalue weighted by atomic mass is 10.2. The summed E-state index contributed by atoms with van der Waals surface area (Å²) in [5.74, 6) is -0.371. The average Bonchev–Trinajstić information content (AvgIpc) is 2.55. The van der Waals surface area contributed by atoms with E-state index in [1.54, 1.807) is 6.92 Å². The van der Waals surface area contributed by atoms with Gasteiger partial charge in [0.05, 0.1) is 13.2 Å². The fourth-order valence-electron chi connectivity index (χ4n) is 2.14. The molecule has 1 aromatic rings. The van der Waals surface area contributed by atoms with E-state index in [-0.39, 0.29) is 11.5 Å². The minimum absolute atomic E-state index is 0.0995. The number of ether oxygens (including phenoxy) is 1. The zero-order chi connectivity index (χ0) is 15.8. The lowest BCUT2D eigenvalue weighted by molar-refractivity contribution is -0.117. The molecule has 116 valence electrons. The molecule has 6 heteroatoms. The molecule has 1 saturated heterocycles. The first kappa shape index (κ1) is 16.0. The van der Waals surface area contributed by atoms with Crippen molar-refractivity contribution < 1.29 is 9.53 Å². The Kier molecular flexibility index (Phi) is 5.95. The van der Waals surface area contributed by atoms with Crippen LogP contribution in [0.5, 0.6) is 0 Å². The molecule has 0 saturated carbocycles. The van der Waals surface area contributed by atoms with E-state index in [4.69, 9.17) is 4.74 Å². The summed E-state index contributed by atoms with van der Waals surface area (Å²) in [7, 11) is 0. The Bertz CT molecular complexity index is 572. The van der Waals surface area contributed by atoms with Crippen LogP contribution in [0.1, 0.15) is 12.5 Å². The Balaban J connectivity index is 1.94. The second-order valence-corrected chi connectivity index (χ2v) is 4.99. The van der Waals surface area contributed by atoms with Gasteiger partial charge in [-0.05, 0) is 12.5 Å². The van der Waals surface area contributed by atoms with Gasteiger partial charge in [-0.3, -0.25) is 4.79 Å². The average molecular weight is 300 g/mol. The number of hydrogen-bond donors (Lipinski definition) is 2. The molecule has 0 unspecified atom stereocenters. The molecule has 0 radical (unpaired) electrons. The van der Waals surface area contributed by atoms with Crippen molar-refractivity contribution in [1.29, 1.82) is 5.26 Å². The van der Waals surface area contributed by atoms with E-state index < -0.39 is 0 Å². The molecule has 0 aromatic heterocycles. The Morgan fingerprint density at radius 3 is 2.64 bits per heavy atom. The number of hydrogen-bond acceptors (Lipinski definition) is 5. The van der Waals surface area contributed by atoms with Crippen molar-refractivity contribution in [2.75, 3.05) is 26.3 Å². The van der Waals surface area contributed by atoms with Crippen LogP contribution in [0.2, 0.25) is 0 Å². The van der Waals surface area contributed by atoms with Gasteiger partial charge >= 0.3 is 0 Å². The van der Waals surface area contributed by atoms with Crippen LogP contribution in [0, 0.1) is 11.3 Å². The monoisotopic (exact) mass is 300 g/mol. The molecular formula is C16H20N4O2. The lowest BCUT2D eigenvalue weighted by Gasteiger charge is -2.28. The zero-order valence-corrected chi connectivity index (χ0v) is 12.6. The van der Waals surface area contributed by atoms with Crippen molar-refractivity contribution in [3.05, 3.63) is 47.2 Å². The van der Waals surface area contributed by atoms with Gasteiger partial charge in [0, 0.05) is 25.3 Å². The minimum atomic E-state index is -0.371. The third-order valence-electron chi connectivity index (χ3n) is 3.35. The van der Waals surface area contributed by atoms with Gasteiger partial charge in [0.2, 0.25) is 0 Å². The first-order chi connectivity index (χ1) is 10.7. The molecule has 1 aliphatic heterocycles. The highest BCUT2D eigenvalue weighted by Crippen LogP contribution is 2.04. The maximum Gasteiger partial charge on any atom is 0.264 e. The molecule has 0 atom stereocenters. The van der Waals surface area contributed by atoms with E-state index in [1.165, 1.54) is 0 Å². The van der Waals surface area contributed by atoms with Crippen LogP contribution < -0.4 is 10.7 Å². The summed E-state index contributed by atoms with van der Waals surface area (Å²) in [6.07, 6.45) is 0. The zero-order valence-electron chi connectivity index (χ0n) is 12.6. The molecule has 6 nitrogen and oxygen atoms in total. The quantitative estimate of drug-likeness (QED) is 0.625. The highest BCUT2D eigenvalue weighted by molar-refractivity contribution is 5.97. The Morgan fingerprint density at radius 2 is 2.00 bits per heavy atom. The first-order valence-electron chi connectivity index (χ1n) is 7.23. The largest absolute Gasteiger partial charge is 0.379 e. The van der Waals surface area contributed by atoms with E-state index in [9.17, 15) is 10.1 Å². The number of nitrogens with zero attached hydrogens (tertiary/aromatic N) is 2. The third kappa shape index (κ3) is 4.58. The number of carbonyl (C=O) groups is 1. The highest BCUT2D eigenvalue weighted by atomic mass is 16.5. The maximum atomic E-state index is 12.2. The predicted molar refractivity (Wildman–Crippen MR) is 82.1 cm³/mol. The number of nitrogens with one attached hydrogen (secondary N) is 2. The van der Waals surface area contributed by atoms with Gasteiger partial charge in [0.15, 0.2) is 0 Å². The number of amides is 1. The van der Waals surface area contributed by atoms with Gasteiger partial charge in [-0.15, -0.1) is 0 Å². The Morgan fingerprint density at radius 1 is 1.32 bits per heavy atom. The van der Waals surface area contributed by atoms with Crippen molar-refractivity contribution in [2.45, 2.75) is 13.5 Å². The highest BCUT2D eigenvalue weighted by Gasteiger charge is 2.16. The second-order valence-electron chi connectivity index (χ2n) is 4.99. The lowest BCUT2D eigenvalue weighted by Crippen LogP contribution is -2.45. The van der Waals surface area contributed by atoms with Crippen LogP contribution in [0.3, 0.4) is 0 Å². The van der Waals surface area contributed by atoms with Crippen molar-refractivity contribution >= 4 is 5.91 Å². The SMILES string of the molecule is C/C(NN1CCOCC1)=C(/C#N)C(=O)NCc1ccccc1. The summed E-state index contributed by atoms with van der Waals surface area (Å²) in [5.41, 5.74) is 4.74. The van der Waals surface area contributed by atoms with Crippen molar-refractivity contribution in [1.82, 2.24) is 15.8 Å². The van der Waals surface area contributed by atoms with E-state index in [2.05, 4.69) is 10.7 Å². The molecule has 1 aromatic carbocycles. The molecule has 1 heterocycles. The van der Waals surface area contributed by atoms with Gasteiger partial charge in [0.25, 0.3) is 5.91 Å². The normalized spacial score (nSPS) is 16.4. The second kappa shape index (κ2) is 8.17. The molecule has 2 rings (SSSR count). The van der Waals surface area contributed by atoms with Crippen LogP contribution >= 0.6 is 0 Å². The van der Waals surface area contributed by atoms with Crippen LogP contribution in [0.25, 0.3) is 0 Å². The molecule has 1 fully saturated rings. The van der Waals surface area contributed by atoms with Crippen molar-refractivity contribution in [3.8, 4) is 6.07 Å².